The number of halogens is 1. The highest BCUT2D eigenvalue weighted by Crippen LogP contribution is 2.16. The van der Waals surface area contributed by atoms with Gasteiger partial charge < -0.3 is 21.5 Å². The molecular weight excluding hydrogens is 353 g/mol. The third-order valence-electron chi connectivity index (χ3n) is 3.89. The number of aromatic hydroxyl groups is 1. The summed E-state index contributed by atoms with van der Waals surface area (Å²) in [5, 5.41) is 13.9. The Kier molecular flexibility index (Phi) is 6.48. The van der Waals surface area contributed by atoms with Crippen molar-refractivity contribution in [3.8, 4) is 5.75 Å². The van der Waals surface area contributed by atoms with Crippen molar-refractivity contribution in [2.24, 2.45) is 5.73 Å². The maximum absolute atomic E-state index is 13.7. The molecule has 0 heterocycles. The van der Waals surface area contributed by atoms with E-state index in [9.17, 15) is 23.9 Å². The zero-order chi connectivity index (χ0) is 20.0. The molecule has 3 amide bonds. The first-order chi connectivity index (χ1) is 12.8. The molecule has 7 nitrogen and oxygen atoms in total. The SMILES string of the molecule is CC(CCc1ccc(O)cc1)NC(=O)C(=O)Nc1cc(C(N)=O)ccc1F. The Morgan fingerprint density at radius 2 is 1.78 bits per heavy atom. The van der Waals surface area contributed by atoms with Gasteiger partial charge in [0.05, 0.1) is 5.69 Å². The summed E-state index contributed by atoms with van der Waals surface area (Å²) in [5.41, 5.74) is 5.79. The molecule has 0 fully saturated rings. The Morgan fingerprint density at radius 1 is 1.11 bits per heavy atom. The topological polar surface area (TPSA) is 122 Å². The number of hydrogen-bond acceptors (Lipinski definition) is 4. The van der Waals surface area contributed by atoms with Crippen LogP contribution in [-0.2, 0) is 16.0 Å². The summed E-state index contributed by atoms with van der Waals surface area (Å²) in [7, 11) is 0. The predicted molar refractivity (Wildman–Crippen MR) is 97.6 cm³/mol. The molecule has 142 valence electrons. The van der Waals surface area contributed by atoms with E-state index in [4.69, 9.17) is 5.73 Å². The van der Waals surface area contributed by atoms with Gasteiger partial charge in [0.25, 0.3) is 0 Å². The molecule has 0 spiro atoms. The average molecular weight is 373 g/mol. The molecule has 1 unspecified atom stereocenters. The van der Waals surface area contributed by atoms with Crippen LogP contribution in [0.15, 0.2) is 42.5 Å². The first-order valence-electron chi connectivity index (χ1n) is 8.25. The van der Waals surface area contributed by atoms with Gasteiger partial charge in [0, 0.05) is 11.6 Å². The molecule has 0 bridgehead atoms. The van der Waals surface area contributed by atoms with E-state index >= 15 is 0 Å². The molecule has 0 aliphatic heterocycles. The van der Waals surface area contributed by atoms with E-state index in [1.165, 1.54) is 6.07 Å². The highest BCUT2D eigenvalue weighted by molar-refractivity contribution is 6.39. The highest BCUT2D eigenvalue weighted by atomic mass is 19.1. The van der Waals surface area contributed by atoms with Crippen LogP contribution >= 0.6 is 0 Å². The molecule has 1 atom stereocenters. The lowest BCUT2D eigenvalue weighted by atomic mass is 10.1. The zero-order valence-electron chi connectivity index (χ0n) is 14.7. The van der Waals surface area contributed by atoms with Crippen LogP contribution in [0.3, 0.4) is 0 Å². The minimum Gasteiger partial charge on any atom is -0.508 e. The van der Waals surface area contributed by atoms with Gasteiger partial charge in [-0.25, -0.2) is 4.39 Å². The molecule has 0 saturated carbocycles. The Hall–Kier alpha value is -3.42. The second-order valence-corrected chi connectivity index (χ2v) is 6.09. The van der Waals surface area contributed by atoms with E-state index in [0.717, 1.165) is 17.7 Å². The monoisotopic (exact) mass is 373 g/mol. The molecule has 0 aliphatic carbocycles. The number of hydrogen-bond donors (Lipinski definition) is 4. The van der Waals surface area contributed by atoms with Crippen LogP contribution in [0, 0.1) is 5.82 Å². The molecule has 2 aromatic carbocycles. The first-order valence-corrected chi connectivity index (χ1v) is 8.25. The molecule has 5 N–H and O–H groups in total. The van der Waals surface area contributed by atoms with Crippen molar-refractivity contribution >= 4 is 23.4 Å². The van der Waals surface area contributed by atoms with Crippen LogP contribution in [-0.4, -0.2) is 28.9 Å². The number of nitrogens with two attached hydrogens (primary N) is 1. The maximum Gasteiger partial charge on any atom is 0.313 e. The van der Waals surface area contributed by atoms with Gasteiger partial charge in [-0.05, 0) is 55.7 Å². The number of benzene rings is 2. The van der Waals surface area contributed by atoms with Gasteiger partial charge in [0.1, 0.15) is 11.6 Å². The number of carbonyl (C=O) groups is 3. The average Bonchev–Trinajstić information content (AvgIpc) is 2.62. The maximum atomic E-state index is 13.7. The van der Waals surface area contributed by atoms with Crippen LogP contribution in [0.4, 0.5) is 10.1 Å². The standard InChI is InChI=1S/C19H20FN3O4/c1-11(2-3-12-4-7-14(24)8-5-12)22-18(26)19(27)23-16-10-13(17(21)25)6-9-15(16)20/h4-11,24H,2-3H2,1H3,(H2,21,25)(H,22,26)(H,23,27). The van der Waals surface area contributed by atoms with E-state index in [1.807, 2.05) is 0 Å². The molecular formula is C19H20FN3O4. The van der Waals surface area contributed by atoms with Crippen LogP contribution in [0.25, 0.3) is 0 Å². The summed E-state index contributed by atoms with van der Waals surface area (Å²) in [4.78, 5) is 35.1. The number of rotatable bonds is 6. The fourth-order valence-corrected chi connectivity index (χ4v) is 2.36. The molecule has 0 aromatic heterocycles. The second kappa shape index (κ2) is 8.79. The van der Waals surface area contributed by atoms with Crippen LogP contribution < -0.4 is 16.4 Å². The lowest BCUT2D eigenvalue weighted by molar-refractivity contribution is -0.136. The van der Waals surface area contributed by atoms with E-state index < -0.39 is 23.5 Å². The number of phenols is 1. The van der Waals surface area contributed by atoms with Gasteiger partial charge in [0.15, 0.2) is 0 Å². The molecule has 0 aliphatic rings. The van der Waals surface area contributed by atoms with Gasteiger partial charge >= 0.3 is 11.8 Å². The Morgan fingerprint density at radius 3 is 2.41 bits per heavy atom. The quantitative estimate of drug-likeness (QED) is 0.576. The molecule has 0 saturated heterocycles. The Bertz CT molecular complexity index is 853. The summed E-state index contributed by atoms with van der Waals surface area (Å²) >= 11 is 0. The summed E-state index contributed by atoms with van der Waals surface area (Å²) < 4.78 is 13.7. The van der Waals surface area contributed by atoms with Crippen molar-refractivity contribution in [3.05, 3.63) is 59.4 Å². The van der Waals surface area contributed by atoms with Crippen LogP contribution in [0.1, 0.15) is 29.3 Å². The third kappa shape index (κ3) is 5.81. The summed E-state index contributed by atoms with van der Waals surface area (Å²) in [6.07, 6.45) is 1.20. The van der Waals surface area contributed by atoms with Crippen LogP contribution in [0.5, 0.6) is 5.75 Å². The zero-order valence-corrected chi connectivity index (χ0v) is 14.7. The largest absolute Gasteiger partial charge is 0.508 e. The minimum atomic E-state index is -1.05. The van der Waals surface area contributed by atoms with Gasteiger partial charge in [0.2, 0.25) is 5.91 Å². The number of nitrogens with one attached hydrogen (secondary N) is 2. The van der Waals surface area contributed by atoms with Crippen molar-refractivity contribution in [3.63, 3.8) is 0 Å². The van der Waals surface area contributed by atoms with Crippen molar-refractivity contribution < 1.29 is 23.9 Å². The van der Waals surface area contributed by atoms with Crippen molar-refractivity contribution in [2.75, 3.05) is 5.32 Å². The summed E-state index contributed by atoms with van der Waals surface area (Å²) in [5.74, 6) is -3.37. The van der Waals surface area contributed by atoms with Crippen molar-refractivity contribution in [2.45, 2.75) is 25.8 Å². The second-order valence-electron chi connectivity index (χ2n) is 6.09. The first kappa shape index (κ1) is 19.9. The Balaban J connectivity index is 1.89. The molecule has 2 aromatic rings. The van der Waals surface area contributed by atoms with Gasteiger partial charge in [-0.2, -0.15) is 0 Å². The molecule has 2 rings (SSSR count). The predicted octanol–water partition coefficient (Wildman–Crippen LogP) is 1.71. The molecule has 0 radical (unpaired) electrons. The van der Waals surface area contributed by atoms with Gasteiger partial charge in [-0.15, -0.1) is 0 Å². The highest BCUT2D eigenvalue weighted by Gasteiger charge is 2.18. The van der Waals surface area contributed by atoms with Crippen molar-refractivity contribution in [1.82, 2.24) is 5.32 Å². The van der Waals surface area contributed by atoms with Gasteiger partial charge in [-0.3, -0.25) is 14.4 Å². The van der Waals surface area contributed by atoms with Crippen LogP contribution in [0.2, 0.25) is 0 Å². The third-order valence-corrected chi connectivity index (χ3v) is 3.89. The summed E-state index contributed by atoms with van der Waals surface area (Å²) in [6, 6.07) is 9.60. The fourth-order valence-electron chi connectivity index (χ4n) is 2.36. The van der Waals surface area contributed by atoms with E-state index in [0.29, 0.717) is 12.8 Å². The number of anilines is 1. The van der Waals surface area contributed by atoms with E-state index in [1.54, 1.807) is 31.2 Å². The van der Waals surface area contributed by atoms with Gasteiger partial charge in [-0.1, -0.05) is 12.1 Å². The van der Waals surface area contributed by atoms with Crippen molar-refractivity contribution in [1.29, 1.82) is 0 Å². The number of primary amides is 1. The Labute approximate surface area is 155 Å². The number of carbonyl (C=O) groups excluding carboxylic acids is 3. The number of amides is 3. The number of aryl methyl sites for hydroxylation is 1. The lowest BCUT2D eigenvalue weighted by Gasteiger charge is -2.14. The van der Waals surface area contributed by atoms with E-state index in [2.05, 4.69) is 10.6 Å². The number of phenolic OH excluding ortho intramolecular Hbond substituents is 1. The smallest absolute Gasteiger partial charge is 0.313 e. The normalized spacial score (nSPS) is 11.5. The molecule has 8 heteroatoms. The summed E-state index contributed by atoms with van der Waals surface area (Å²) in [6.45, 7) is 1.74. The fraction of sp³-hybridized carbons (Fsp3) is 0.211. The molecule has 27 heavy (non-hydrogen) atoms. The lowest BCUT2D eigenvalue weighted by Crippen LogP contribution is -2.40. The van der Waals surface area contributed by atoms with E-state index in [-0.39, 0.29) is 23.0 Å². The minimum absolute atomic E-state index is 0.00868.